The Labute approximate surface area is 106 Å². The van der Waals surface area contributed by atoms with E-state index in [1.165, 1.54) is 19.2 Å². The maximum Gasteiger partial charge on any atom is 0.338 e. The Morgan fingerprint density at radius 2 is 2.18 bits per heavy atom. The van der Waals surface area contributed by atoms with Crippen molar-refractivity contribution in [3.05, 3.63) is 35.1 Å². The lowest BCUT2D eigenvalue weighted by atomic mass is 10.0. The minimum absolute atomic E-state index is 0.0956. The molecule has 0 aliphatic heterocycles. The molecule has 0 radical (unpaired) electrons. The molecular weight excluding hydrogens is 293 g/mol. The molecule has 1 amide bonds. The molecule has 0 bridgehead atoms. The quantitative estimate of drug-likeness (QED) is 0.675. The second-order valence-corrected chi connectivity index (χ2v) is 4.47. The zero-order valence-electron chi connectivity index (χ0n) is 9.07. The maximum absolute atomic E-state index is 13.0. The summed E-state index contributed by atoms with van der Waals surface area (Å²) in [5, 5.41) is 0. The molecule has 1 aromatic carbocycles. The van der Waals surface area contributed by atoms with Crippen molar-refractivity contribution < 1.29 is 18.7 Å². The van der Waals surface area contributed by atoms with Gasteiger partial charge in [0.1, 0.15) is 5.82 Å². The summed E-state index contributed by atoms with van der Waals surface area (Å²) < 4.78 is 17.6. The van der Waals surface area contributed by atoms with E-state index >= 15 is 0 Å². The van der Waals surface area contributed by atoms with Crippen molar-refractivity contribution in [2.45, 2.75) is 11.2 Å². The Balaban J connectivity index is 3.06. The summed E-state index contributed by atoms with van der Waals surface area (Å²) in [5.74, 6) is -1.74. The topological polar surface area (TPSA) is 69.4 Å². The van der Waals surface area contributed by atoms with Crippen LogP contribution in [0.25, 0.3) is 0 Å². The lowest BCUT2D eigenvalue weighted by Crippen LogP contribution is -2.25. The van der Waals surface area contributed by atoms with Crippen LogP contribution in [-0.2, 0) is 16.0 Å². The third-order valence-corrected chi connectivity index (χ3v) is 2.96. The molecule has 4 nitrogen and oxygen atoms in total. The molecule has 0 aliphatic carbocycles. The average Bonchev–Trinajstić information content (AvgIpc) is 2.30. The van der Waals surface area contributed by atoms with Gasteiger partial charge in [0.15, 0.2) is 0 Å². The Morgan fingerprint density at radius 1 is 1.53 bits per heavy atom. The van der Waals surface area contributed by atoms with E-state index in [2.05, 4.69) is 20.7 Å². The van der Waals surface area contributed by atoms with Crippen molar-refractivity contribution in [1.82, 2.24) is 0 Å². The van der Waals surface area contributed by atoms with E-state index in [1.807, 2.05) is 0 Å². The van der Waals surface area contributed by atoms with Gasteiger partial charge in [-0.1, -0.05) is 22.0 Å². The zero-order valence-corrected chi connectivity index (χ0v) is 10.7. The van der Waals surface area contributed by atoms with Crippen molar-refractivity contribution in [1.29, 1.82) is 0 Å². The van der Waals surface area contributed by atoms with Crippen molar-refractivity contribution in [3.8, 4) is 0 Å². The number of hydrogen-bond donors (Lipinski definition) is 1. The Hall–Kier alpha value is -1.43. The molecule has 1 aromatic rings. The second-order valence-electron chi connectivity index (χ2n) is 3.37. The first-order valence-electron chi connectivity index (χ1n) is 4.76. The van der Waals surface area contributed by atoms with Gasteiger partial charge >= 0.3 is 5.97 Å². The predicted octanol–water partition coefficient (Wildman–Crippen LogP) is 1.40. The van der Waals surface area contributed by atoms with Crippen molar-refractivity contribution >= 4 is 27.8 Å². The number of alkyl halides is 1. The Morgan fingerprint density at radius 3 is 2.71 bits per heavy atom. The molecule has 0 fully saturated rings. The number of esters is 1. The first-order chi connectivity index (χ1) is 7.95. The highest BCUT2D eigenvalue weighted by atomic mass is 79.9. The minimum atomic E-state index is -0.649. The molecule has 0 heterocycles. The van der Waals surface area contributed by atoms with Crippen LogP contribution in [0, 0.1) is 5.82 Å². The summed E-state index contributed by atoms with van der Waals surface area (Å²) in [7, 11) is 1.21. The van der Waals surface area contributed by atoms with Crippen LogP contribution in [-0.4, -0.2) is 23.8 Å². The van der Waals surface area contributed by atoms with Gasteiger partial charge < -0.3 is 10.5 Å². The van der Waals surface area contributed by atoms with Crippen molar-refractivity contribution in [2.24, 2.45) is 5.73 Å². The molecule has 17 heavy (non-hydrogen) atoms. The molecule has 0 saturated carbocycles. The fourth-order valence-corrected chi connectivity index (χ4v) is 1.67. The summed E-state index contributed by atoms with van der Waals surface area (Å²) >= 11 is 3.08. The normalized spacial score (nSPS) is 11.9. The van der Waals surface area contributed by atoms with Crippen LogP contribution in [0.4, 0.5) is 4.39 Å². The summed E-state index contributed by atoms with van der Waals surface area (Å²) in [4.78, 5) is 21.7. The summed E-state index contributed by atoms with van der Waals surface area (Å²) in [5.41, 5.74) is 5.69. The summed E-state index contributed by atoms with van der Waals surface area (Å²) in [6, 6.07) is 3.71. The smallest absolute Gasteiger partial charge is 0.338 e. The first kappa shape index (κ1) is 13.6. The lowest BCUT2D eigenvalue weighted by molar-refractivity contribution is -0.117. The first-order valence-corrected chi connectivity index (χ1v) is 5.67. The van der Waals surface area contributed by atoms with Crippen molar-refractivity contribution in [2.75, 3.05) is 7.11 Å². The molecule has 2 N–H and O–H groups in total. The van der Waals surface area contributed by atoms with Gasteiger partial charge in [0, 0.05) is 0 Å². The van der Waals surface area contributed by atoms with Crippen LogP contribution in [0.1, 0.15) is 15.9 Å². The van der Waals surface area contributed by atoms with E-state index in [0.717, 1.165) is 6.07 Å². The molecule has 0 spiro atoms. The Kier molecular flexibility index (Phi) is 4.62. The lowest BCUT2D eigenvalue weighted by Gasteiger charge is -2.10. The molecule has 92 valence electrons. The second kappa shape index (κ2) is 5.77. The Bertz CT molecular complexity index is 450. The molecule has 6 heteroatoms. The van der Waals surface area contributed by atoms with Crippen LogP contribution >= 0.6 is 15.9 Å². The molecule has 1 rings (SSSR count). The molecule has 0 aromatic heterocycles. The summed E-state index contributed by atoms with van der Waals surface area (Å²) in [6.45, 7) is 0. The van der Waals surface area contributed by atoms with E-state index in [1.54, 1.807) is 0 Å². The van der Waals surface area contributed by atoms with Crippen molar-refractivity contribution in [3.63, 3.8) is 0 Å². The van der Waals surface area contributed by atoms with Gasteiger partial charge in [-0.15, -0.1) is 0 Å². The van der Waals surface area contributed by atoms with Crippen LogP contribution in [0.2, 0.25) is 0 Å². The predicted molar refractivity (Wildman–Crippen MR) is 63.4 cm³/mol. The highest BCUT2D eigenvalue weighted by molar-refractivity contribution is 9.10. The van der Waals surface area contributed by atoms with E-state index in [9.17, 15) is 14.0 Å². The number of hydrogen-bond acceptors (Lipinski definition) is 3. The van der Waals surface area contributed by atoms with E-state index in [4.69, 9.17) is 5.73 Å². The van der Waals surface area contributed by atoms with E-state index < -0.39 is 22.5 Å². The molecule has 0 saturated heterocycles. The third-order valence-electron chi connectivity index (χ3n) is 2.19. The molecule has 1 atom stereocenters. The van der Waals surface area contributed by atoms with Gasteiger partial charge in [0.25, 0.3) is 0 Å². The number of ether oxygens (including phenoxy) is 1. The number of methoxy groups -OCH3 is 1. The van der Waals surface area contributed by atoms with Gasteiger partial charge in [0.2, 0.25) is 5.91 Å². The molecular formula is C11H11BrFNO3. The monoisotopic (exact) mass is 303 g/mol. The fraction of sp³-hybridized carbons (Fsp3) is 0.273. The molecule has 1 unspecified atom stereocenters. The number of carbonyl (C=O) groups is 2. The largest absolute Gasteiger partial charge is 0.465 e. The van der Waals surface area contributed by atoms with Gasteiger partial charge in [0.05, 0.1) is 17.5 Å². The van der Waals surface area contributed by atoms with Gasteiger partial charge in [-0.05, 0) is 24.1 Å². The van der Waals surface area contributed by atoms with Crippen LogP contribution in [0.3, 0.4) is 0 Å². The fourth-order valence-electron chi connectivity index (χ4n) is 1.32. The van der Waals surface area contributed by atoms with Gasteiger partial charge in [-0.3, -0.25) is 4.79 Å². The standard InChI is InChI=1S/C11H11BrFNO3/c1-17-11(16)8-5-7(13)3-2-6(8)4-9(12)10(14)15/h2-3,5,9H,4H2,1H3,(H2,14,15). The molecule has 0 aliphatic rings. The highest BCUT2D eigenvalue weighted by Gasteiger charge is 2.18. The SMILES string of the molecule is COC(=O)c1cc(F)ccc1CC(Br)C(N)=O. The van der Waals surface area contributed by atoms with Crippen LogP contribution in [0.15, 0.2) is 18.2 Å². The summed E-state index contributed by atoms with van der Waals surface area (Å²) in [6.07, 6.45) is 0.194. The number of halogens is 2. The number of amides is 1. The maximum atomic E-state index is 13.0. The van der Waals surface area contributed by atoms with E-state index in [-0.39, 0.29) is 12.0 Å². The zero-order chi connectivity index (χ0) is 13.0. The van der Waals surface area contributed by atoms with E-state index in [0.29, 0.717) is 5.56 Å². The number of carbonyl (C=O) groups excluding carboxylic acids is 2. The van der Waals surface area contributed by atoms with Crippen LogP contribution in [0.5, 0.6) is 0 Å². The van der Waals surface area contributed by atoms with Gasteiger partial charge in [-0.2, -0.15) is 0 Å². The minimum Gasteiger partial charge on any atom is -0.465 e. The van der Waals surface area contributed by atoms with Gasteiger partial charge in [-0.25, -0.2) is 9.18 Å². The number of nitrogens with two attached hydrogens (primary N) is 1. The number of rotatable bonds is 4. The third kappa shape index (κ3) is 3.52. The number of primary amides is 1. The van der Waals surface area contributed by atoms with Crippen LogP contribution < -0.4 is 5.73 Å². The highest BCUT2D eigenvalue weighted by Crippen LogP contribution is 2.17. The average molecular weight is 304 g/mol. The number of benzene rings is 1.